The highest BCUT2D eigenvalue weighted by Crippen LogP contribution is 2.33. The Hall–Kier alpha value is -2.29. The Morgan fingerprint density at radius 3 is 2.38 bits per heavy atom. The molecule has 0 fully saturated rings. The van der Waals surface area contributed by atoms with E-state index in [4.69, 9.17) is 5.73 Å². The van der Waals surface area contributed by atoms with Gasteiger partial charge in [0, 0.05) is 23.5 Å². The van der Waals surface area contributed by atoms with Crippen molar-refractivity contribution in [1.29, 1.82) is 0 Å². The minimum Gasteiger partial charge on any atom is -0.398 e. The first-order valence-corrected chi connectivity index (χ1v) is 7.25. The topological polar surface area (TPSA) is 46.3 Å². The van der Waals surface area contributed by atoms with Crippen LogP contribution in [0.25, 0.3) is 0 Å². The maximum absolute atomic E-state index is 12.8. The van der Waals surface area contributed by atoms with E-state index < -0.39 is 0 Å². The summed E-state index contributed by atoms with van der Waals surface area (Å²) < 4.78 is 0. The second-order valence-electron chi connectivity index (χ2n) is 5.92. The molecule has 2 aromatic rings. The molecule has 21 heavy (non-hydrogen) atoms. The number of carbonyl (C=O) groups is 1. The number of nitrogens with zero attached hydrogens (tertiary/aromatic N) is 1. The predicted molar refractivity (Wildman–Crippen MR) is 86.9 cm³/mol. The molecule has 0 radical (unpaired) electrons. The predicted octanol–water partition coefficient (Wildman–Crippen LogP) is 3.40. The van der Waals surface area contributed by atoms with E-state index in [1.54, 1.807) is 0 Å². The van der Waals surface area contributed by atoms with Crippen molar-refractivity contribution < 1.29 is 4.79 Å². The molecule has 0 spiro atoms. The molecule has 2 N–H and O–H groups in total. The first kappa shape index (κ1) is 13.7. The van der Waals surface area contributed by atoms with Gasteiger partial charge in [0.2, 0.25) is 0 Å². The molecular formula is C18H20N2O. The number of fused-ring (bicyclic) bond motifs is 1. The van der Waals surface area contributed by atoms with E-state index in [0.29, 0.717) is 0 Å². The molecule has 0 aromatic heterocycles. The van der Waals surface area contributed by atoms with Crippen LogP contribution in [0.2, 0.25) is 0 Å². The first-order chi connectivity index (χ1) is 9.95. The van der Waals surface area contributed by atoms with E-state index in [2.05, 4.69) is 12.1 Å². The van der Waals surface area contributed by atoms with Crippen LogP contribution in [0.5, 0.6) is 0 Å². The van der Waals surface area contributed by atoms with E-state index in [-0.39, 0.29) is 5.91 Å². The Bertz CT molecular complexity index is 714. The van der Waals surface area contributed by atoms with Gasteiger partial charge in [-0.2, -0.15) is 0 Å². The third-order valence-corrected chi connectivity index (χ3v) is 4.08. The zero-order valence-electron chi connectivity index (χ0n) is 12.7. The number of anilines is 2. The highest BCUT2D eigenvalue weighted by atomic mass is 16.2. The number of aryl methyl sites for hydroxylation is 3. The zero-order valence-corrected chi connectivity index (χ0v) is 12.7. The number of nitrogens with two attached hydrogens (primary N) is 1. The Balaban J connectivity index is 2.00. The number of nitrogen functional groups attached to an aromatic ring is 1. The molecule has 2 aromatic carbocycles. The molecule has 0 bridgehead atoms. The lowest BCUT2D eigenvalue weighted by Gasteiger charge is -2.19. The van der Waals surface area contributed by atoms with Gasteiger partial charge in [-0.1, -0.05) is 23.3 Å². The summed E-state index contributed by atoms with van der Waals surface area (Å²) >= 11 is 0. The molecule has 0 aliphatic carbocycles. The van der Waals surface area contributed by atoms with Crippen molar-refractivity contribution in [2.75, 3.05) is 17.2 Å². The standard InChI is InChI=1S/C18H20N2O/c1-11-6-12(2)8-15(7-11)18(21)20-5-4-14-9-13(3)16(19)10-17(14)20/h6-10H,4-5,19H2,1-3H3. The molecule has 1 heterocycles. The van der Waals surface area contributed by atoms with Gasteiger partial charge in [0.1, 0.15) is 0 Å². The Morgan fingerprint density at radius 1 is 1.05 bits per heavy atom. The molecule has 1 aliphatic rings. The van der Waals surface area contributed by atoms with Crippen molar-refractivity contribution in [1.82, 2.24) is 0 Å². The van der Waals surface area contributed by atoms with Gasteiger partial charge < -0.3 is 10.6 Å². The Labute approximate surface area is 125 Å². The number of rotatable bonds is 1. The third-order valence-electron chi connectivity index (χ3n) is 4.08. The fourth-order valence-corrected chi connectivity index (χ4v) is 3.04. The van der Waals surface area contributed by atoms with Crippen LogP contribution in [-0.4, -0.2) is 12.5 Å². The molecule has 3 rings (SSSR count). The summed E-state index contributed by atoms with van der Waals surface area (Å²) in [6.45, 7) is 6.76. The normalized spacial score (nSPS) is 13.4. The van der Waals surface area contributed by atoms with E-state index >= 15 is 0 Å². The maximum atomic E-state index is 12.8. The molecule has 1 aliphatic heterocycles. The summed E-state index contributed by atoms with van der Waals surface area (Å²) in [6, 6.07) is 10.0. The number of hydrogen-bond acceptors (Lipinski definition) is 2. The minimum atomic E-state index is 0.0591. The van der Waals surface area contributed by atoms with Gasteiger partial charge in [-0.3, -0.25) is 4.79 Å². The monoisotopic (exact) mass is 280 g/mol. The summed E-state index contributed by atoms with van der Waals surface area (Å²) in [7, 11) is 0. The smallest absolute Gasteiger partial charge is 0.258 e. The summed E-state index contributed by atoms with van der Waals surface area (Å²) in [5, 5.41) is 0. The summed E-state index contributed by atoms with van der Waals surface area (Å²) in [5.74, 6) is 0.0591. The van der Waals surface area contributed by atoms with Gasteiger partial charge in [-0.25, -0.2) is 0 Å². The quantitative estimate of drug-likeness (QED) is 0.814. The van der Waals surface area contributed by atoms with Crippen LogP contribution in [0.1, 0.15) is 32.6 Å². The highest BCUT2D eigenvalue weighted by Gasteiger charge is 2.26. The van der Waals surface area contributed by atoms with E-state index in [1.165, 1.54) is 5.56 Å². The van der Waals surface area contributed by atoms with Crippen LogP contribution >= 0.6 is 0 Å². The van der Waals surface area contributed by atoms with E-state index in [1.807, 2.05) is 43.9 Å². The van der Waals surface area contributed by atoms with Crippen LogP contribution in [0.4, 0.5) is 11.4 Å². The average molecular weight is 280 g/mol. The lowest BCUT2D eigenvalue weighted by atomic mass is 10.1. The molecule has 0 atom stereocenters. The van der Waals surface area contributed by atoms with Gasteiger partial charge in [-0.05, 0) is 56.5 Å². The van der Waals surface area contributed by atoms with Crippen LogP contribution in [0, 0.1) is 20.8 Å². The first-order valence-electron chi connectivity index (χ1n) is 7.25. The molecule has 108 valence electrons. The number of carbonyl (C=O) groups excluding carboxylic acids is 1. The van der Waals surface area contributed by atoms with Crippen molar-refractivity contribution in [3.63, 3.8) is 0 Å². The van der Waals surface area contributed by atoms with Gasteiger partial charge in [0.25, 0.3) is 5.91 Å². The molecular weight excluding hydrogens is 260 g/mol. The number of hydrogen-bond donors (Lipinski definition) is 1. The molecule has 0 unspecified atom stereocenters. The number of amides is 1. The average Bonchev–Trinajstić information content (AvgIpc) is 2.80. The maximum Gasteiger partial charge on any atom is 0.258 e. The fraction of sp³-hybridized carbons (Fsp3) is 0.278. The molecule has 3 nitrogen and oxygen atoms in total. The van der Waals surface area contributed by atoms with E-state index in [9.17, 15) is 4.79 Å². The van der Waals surface area contributed by atoms with Crippen LogP contribution in [0.3, 0.4) is 0 Å². The molecule has 1 amide bonds. The largest absolute Gasteiger partial charge is 0.398 e. The van der Waals surface area contributed by atoms with Crippen molar-refractivity contribution in [3.05, 3.63) is 58.1 Å². The fourth-order valence-electron chi connectivity index (χ4n) is 3.04. The SMILES string of the molecule is Cc1cc(C)cc(C(=O)N2CCc3cc(C)c(N)cc32)c1. The molecule has 3 heteroatoms. The van der Waals surface area contributed by atoms with Crippen LogP contribution in [-0.2, 0) is 6.42 Å². The minimum absolute atomic E-state index is 0.0591. The number of benzene rings is 2. The summed E-state index contributed by atoms with van der Waals surface area (Å²) in [5.41, 5.74) is 13.0. The Kier molecular flexibility index (Phi) is 3.20. The van der Waals surface area contributed by atoms with Crippen molar-refractivity contribution in [2.45, 2.75) is 27.2 Å². The van der Waals surface area contributed by atoms with Gasteiger partial charge in [0.05, 0.1) is 0 Å². The van der Waals surface area contributed by atoms with Crippen molar-refractivity contribution >= 4 is 17.3 Å². The third kappa shape index (κ3) is 2.40. The van der Waals surface area contributed by atoms with Crippen LogP contribution < -0.4 is 10.6 Å². The highest BCUT2D eigenvalue weighted by molar-refractivity contribution is 6.07. The second-order valence-corrected chi connectivity index (χ2v) is 5.92. The van der Waals surface area contributed by atoms with Crippen molar-refractivity contribution in [2.24, 2.45) is 0 Å². The molecule has 0 saturated carbocycles. The lowest BCUT2D eigenvalue weighted by molar-refractivity contribution is 0.0989. The van der Waals surface area contributed by atoms with Crippen molar-refractivity contribution in [3.8, 4) is 0 Å². The second kappa shape index (κ2) is 4.92. The zero-order chi connectivity index (χ0) is 15.1. The van der Waals surface area contributed by atoms with E-state index in [0.717, 1.165) is 46.6 Å². The van der Waals surface area contributed by atoms with Gasteiger partial charge in [-0.15, -0.1) is 0 Å². The van der Waals surface area contributed by atoms with Gasteiger partial charge in [0.15, 0.2) is 0 Å². The lowest BCUT2D eigenvalue weighted by Crippen LogP contribution is -2.29. The van der Waals surface area contributed by atoms with Gasteiger partial charge >= 0.3 is 0 Å². The summed E-state index contributed by atoms with van der Waals surface area (Å²) in [4.78, 5) is 14.6. The molecule has 0 saturated heterocycles. The van der Waals surface area contributed by atoms with Crippen LogP contribution in [0.15, 0.2) is 30.3 Å². The summed E-state index contributed by atoms with van der Waals surface area (Å²) in [6.07, 6.45) is 0.896. The Morgan fingerprint density at radius 2 is 1.71 bits per heavy atom.